The molecule has 0 aromatic heterocycles. The van der Waals surface area contributed by atoms with E-state index in [0.717, 1.165) is 6.61 Å². The van der Waals surface area contributed by atoms with Crippen molar-refractivity contribution in [3.05, 3.63) is 0 Å². The molecule has 1 nitrogen and oxygen atoms in total. The first kappa shape index (κ1) is 12.2. The van der Waals surface area contributed by atoms with Crippen molar-refractivity contribution in [2.24, 2.45) is 0 Å². The van der Waals surface area contributed by atoms with Gasteiger partial charge in [0.05, 0.1) is 6.10 Å². The van der Waals surface area contributed by atoms with Crippen LogP contribution in [0.15, 0.2) is 0 Å². The van der Waals surface area contributed by atoms with Gasteiger partial charge in [-0.15, -0.1) is 0 Å². The molecule has 2 heteroatoms. The fourth-order valence-corrected chi connectivity index (χ4v) is 1.81. The van der Waals surface area contributed by atoms with E-state index in [1.165, 1.54) is 29.5 Å². The van der Waals surface area contributed by atoms with E-state index in [1.807, 2.05) is 0 Å². The molecule has 0 radical (unpaired) electrons. The van der Waals surface area contributed by atoms with E-state index in [0.29, 0.717) is 11.1 Å². The van der Waals surface area contributed by atoms with E-state index in [2.05, 4.69) is 27.7 Å². The summed E-state index contributed by atoms with van der Waals surface area (Å²) in [6.45, 7) is 9.82. The second kappa shape index (κ2) is 5.76. The zero-order chi connectivity index (χ0) is 9.61. The van der Waals surface area contributed by atoms with Crippen molar-refractivity contribution in [3.8, 4) is 0 Å². The van der Waals surface area contributed by atoms with Crippen LogP contribution in [0.3, 0.4) is 0 Å². The largest absolute Gasteiger partial charge is 0.378 e. The quantitative estimate of drug-likeness (QED) is 0.580. The standard InChI is InChI=1S/C10H24OSi/c1-5-7-8-9(11-6-2)10(3,4)12/h9H,5-8H2,1-4,12H3. The van der Waals surface area contributed by atoms with Crippen molar-refractivity contribution in [3.63, 3.8) is 0 Å². The van der Waals surface area contributed by atoms with Crippen LogP contribution >= 0.6 is 0 Å². The Morgan fingerprint density at radius 3 is 2.25 bits per heavy atom. The van der Waals surface area contributed by atoms with E-state index in [-0.39, 0.29) is 0 Å². The van der Waals surface area contributed by atoms with Crippen LogP contribution in [0, 0.1) is 0 Å². The third-order valence-corrected chi connectivity index (χ3v) is 2.80. The van der Waals surface area contributed by atoms with Crippen LogP contribution in [-0.4, -0.2) is 23.0 Å². The van der Waals surface area contributed by atoms with Crippen LogP contribution in [0.1, 0.15) is 47.0 Å². The highest BCUT2D eigenvalue weighted by Crippen LogP contribution is 2.30. The number of rotatable bonds is 6. The zero-order valence-corrected chi connectivity index (χ0v) is 11.3. The molecule has 0 saturated heterocycles. The Bertz CT molecular complexity index is 107. The molecule has 0 saturated carbocycles. The van der Waals surface area contributed by atoms with Gasteiger partial charge in [-0.1, -0.05) is 33.6 Å². The third-order valence-electron chi connectivity index (χ3n) is 2.15. The molecule has 0 bridgehead atoms. The predicted molar refractivity (Wildman–Crippen MR) is 58.9 cm³/mol. The Balaban J connectivity index is 3.86. The zero-order valence-electron chi connectivity index (χ0n) is 9.31. The van der Waals surface area contributed by atoms with Gasteiger partial charge < -0.3 is 4.74 Å². The summed E-state index contributed by atoms with van der Waals surface area (Å²) >= 11 is 0. The first-order chi connectivity index (χ1) is 5.52. The monoisotopic (exact) mass is 188 g/mol. The van der Waals surface area contributed by atoms with Gasteiger partial charge in [-0.05, 0) is 18.4 Å². The fourth-order valence-electron chi connectivity index (χ4n) is 1.36. The molecule has 74 valence electrons. The molecular weight excluding hydrogens is 164 g/mol. The molecule has 0 aromatic carbocycles. The fraction of sp³-hybridized carbons (Fsp3) is 1.00. The van der Waals surface area contributed by atoms with Gasteiger partial charge in [0.15, 0.2) is 0 Å². The molecule has 1 unspecified atom stereocenters. The summed E-state index contributed by atoms with van der Waals surface area (Å²) in [6, 6.07) is 0. The van der Waals surface area contributed by atoms with E-state index < -0.39 is 0 Å². The highest BCUT2D eigenvalue weighted by Gasteiger charge is 2.23. The lowest BCUT2D eigenvalue weighted by molar-refractivity contribution is 0.0298. The summed E-state index contributed by atoms with van der Waals surface area (Å²) < 4.78 is 5.74. The topological polar surface area (TPSA) is 9.23 Å². The van der Waals surface area contributed by atoms with Gasteiger partial charge in [-0.25, -0.2) is 0 Å². The van der Waals surface area contributed by atoms with Gasteiger partial charge in [0, 0.05) is 16.8 Å². The van der Waals surface area contributed by atoms with Gasteiger partial charge in [0.25, 0.3) is 0 Å². The van der Waals surface area contributed by atoms with Crippen LogP contribution in [0.2, 0.25) is 5.04 Å². The Hall–Kier alpha value is 0.177. The number of hydrogen-bond donors (Lipinski definition) is 0. The summed E-state index contributed by atoms with van der Waals surface area (Å²) in [7, 11) is 1.22. The summed E-state index contributed by atoms with van der Waals surface area (Å²) in [4.78, 5) is 0. The Kier molecular flexibility index (Phi) is 5.84. The van der Waals surface area contributed by atoms with Crippen molar-refractivity contribution < 1.29 is 4.74 Å². The van der Waals surface area contributed by atoms with Gasteiger partial charge in [0.1, 0.15) is 0 Å². The minimum Gasteiger partial charge on any atom is -0.378 e. The van der Waals surface area contributed by atoms with Gasteiger partial charge in [0.2, 0.25) is 0 Å². The lowest BCUT2D eigenvalue weighted by Crippen LogP contribution is -2.26. The third kappa shape index (κ3) is 4.94. The maximum absolute atomic E-state index is 5.74. The number of ether oxygens (including phenoxy) is 1. The molecule has 0 N–H and O–H groups in total. The Morgan fingerprint density at radius 2 is 1.92 bits per heavy atom. The molecule has 0 heterocycles. The van der Waals surface area contributed by atoms with Gasteiger partial charge in [-0.3, -0.25) is 0 Å². The predicted octanol–water partition coefficient (Wildman–Crippen LogP) is 2.15. The van der Waals surface area contributed by atoms with E-state index in [4.69, 9.17) is 4.74 Å². The molecule has 0 aliphatic carbocycles. The average molecular weight is 188 g/mol. The molecule has 0 fully saturated rings. The summed E-state index contributed by atoms with van der Waals surface area (Å²) in [5.41, 5.74) is 0. The number of unbranched alkanes of at least 4 members (excludes halogenated alkanes) is 1. The van der Waals surface area contributed by atoms with Crippen molar-refractivity contribution in [1.29, 1.82) is 0 Å². The molecule has 0 aromatic rings. The summed E-state index contributed by atoms with van der Waals surface area (Å²) in [5, 5.41) is 0.436. The van der Waals surface area contributed by atoms with Crippen molar-refractivity contribution in [2.75, 3.05) is 6.61 Å². The van der Waals surface area contributed by atoms with Crippen LogP contribution in [0.5, 0.6) is 0 Å². The first-order valence-corrected chi connectivity index (χ1v) is 6.14. The minimum absolute atomic E-state index is 0.436. The van der Waals surface area contributed by atoms with Crippen molar-refractivity contribution in [2.45, 2.75) is 58.1 Å². The highest BCUT2D eigenvalue weighted by molar-refractivity contribution is 6.15. The summed E-state index contributed by atoms with van der Waals surface area (Å²) in [5.74, 6) is 0. The second-order valence-electron chi connectivity index (χ2n) is 4.45. The van der Waals surface area contributed by atoms with Crippen LogP contribution in [-0.2, 0) is 4.74 Å². The van der Waals surface area contributed by atoms with Crippen LogP contribution in [0.4, 0.5) is 0 Å². The van der Waals surface area contributed by atoms with E-state index in [1.54, 1.807) is 0 Å². The normalized spacial score (nSPS) is 15.0. The molecule has 0 rings (SSSR count). The molecule has 0 spiro atoms. The van der Waals surface area contributed by atoms with Gasteiger partial charge in [-0.2, -0.15) is 0 Å². The van der Waals surface area contributed by atoms with Crippen molar-refractivity contribution >= 4 is 10.2 Å². The van der Waals surface area contributed by atoms with E-state index in [9.17, 15) is 0 Å². The molecule has 0 aliphatic rings. The van der Waals surface area contributed by atoms with Gasteiger partial charge >= 0.3 is 0 Å². The maximum atomic E-state index is 5.74. The molecule has 1 atom stereocenters. The molecule has 12 heavy (non-hydrogen) atoms. The SMILES string of the molecule is CCCCC(OCC)C(C)(C)[SiH3]. The summed E-state index contributed by atoms with van der Waals surface area (Å²) in [6.07, 6.45) is 4.31. The van der Waals surface area contributed by atoms with Crippen LogP contribution < -0.4 is 0 Å². The van der Waals surface area contributed by atoms with Crippen molar-refractivity contribution in [1.82, 2.24) is 0 Å². The molecular formula is C10H24OSi. The molecule has 0 aliphatic heterocycles. The smallest absolute Gasteiger partial charge is 0.0593 e. The Labute approximate surface area is 80.3 Å². The minimum atomic E-state index is 0.436. The maximum Gasteiger partial charge on any atom is 0.0593 e. The highest BCUT2D eigenvalue weighted by atomic mass is 28.1. The average Bonchev–Trinajstić information content (AvgIpc) is 1.95. The lowest BCUT2D eigenvalue weighted by Gasteiger charge is -2.30. The Morgan fingerprint density at radius 1 is 1.33 bits per heavy atom. The lowest BCUT2D eigenvalue weighted by atomic mass is 10.0. The second-order valence-corrected chi connectivity index (χ2v) is 7.03. The number of hydrogen-bond acceptors (Lipinski definition) is 1. The first-order valence-electron chi connectivity index (χ1n) is 5.14. The van der Waals surface area contributed by atoms with Crippen LogP contribution in [0.25, 0.3) is 0 Å². The molecule has 0 amide bonds. The van der Waals surface area contributed by atoms with E-state index >= 15 is 0 Å².